The minimum atomic E-state index is -0.489. The Morgan fingerprint density at radius 2 is 1.87 bits per heavy atom. The topological polar surface area (TPSA) is 104 Å². The van der Waals surface area contributed by atoms with Crippen molar-refractivity contribution >= 4 is 6.09 Å². The van der Waals surface area contributed by atoms with E-state index in [9.17, 15) is 4.79 Å². The first-order valence-electron chi connectivity index (χ1n) is 10.3. The summed E-state index contributed by atoms with van der Waals surface area (Å²) in [5, 5.41) is 4.01. The molecule has 9 nitrogen and oxygen atoms in total. The van der Waals surface area contributed by atoms with Crippen LogP contribution in [0, 0.1) is 0 Å². The van der Waals surface area contributed by atoms with Crippen LogP contribution in [-0.2, 0) is 16.1 Å². The third-order valence-electron chi connectivity index (χ3n) is 4.86. The molecule has 1 aromatic carbocycles. The number of aromatic nitrogens is 3. The van der Waals surface area contributed by atoms with E-state index in [2.05, 4.69) is 15.1 Å². The first-order valence-corrected chi connectivity index (χ1v) is 10.3. The van der Waals surface area contributed by atoms with Crippen molar-refractivity contribution in [3.8, 4) is 22.8 Å². The summed E-state index contributed by atoms with van der Waals surface area (Å²) in [5.41, 5.74) is 1.24. The second-order valence-corrected chi connectivity index (χ2v) is 8.44. The van der Waals surface area contributed by atoms with Gasteiger partial charge in [-0.1, -0.05) is 17.3 Å². The Kier molecular flexibility index (Phi) is 6.03. The summed E-state index contributed by atoms with van der Waals surface area (Å²) >= 11 is 0. The predicted octanol–water partition coefficient (Wildman–Crippen LogP) is 4.31. The van der Waals surface area contributed by atoms with E-state index in [0.29, 0.717) is 30.6 Å². The number of hydrogen-bond donors (Lipinski definition) is 0. The van der Waals surface area contributed by atoms with Crippen molar-refractivity contribution < 1.29 is 23.2 Å². The number of likely N-dealkylation sites (tertiary alicyclic amines) is 1. The number of carbonyl (C=O) groups excluding carboxylic acids is 1. The van der Waals surface area contributed by atoms with Crippen LogP contribution >= 0.6 is 0 Å². The van der Waals surface area contributed by atoms with Gasteiger partial charge in [-0.25, -0.2) is 9.78 Å². The lowest BCUT2D eigenvalue weighted by atomic mass is 10.1. The molecule has 1 fully saturated rings. The van der Waals surface area contributed by atoms with Crippen LogP contribution in [0.4, 0.5) is 4.79 Å². The van der Waals surface area contributed by atoms with E-state index in [1.54, 1.807) is 11.1 Å². The van der Waals surface area contributed by atoms with Crippen LogP contribution < -0.4 is 0 Å². The average molecular weight is 426 g/mol. The fourth-order valence-electron chi connectivity index (χ4n) is 3.29. The number of carbonyl (C=O) groups is 1. The molecule has 164 valence electrons. The van der Waals surface area contributed by atoms with Crippen LogP contribution in [0.5, 0.6) is 0 Å². The summed E-state index contributed by atoms with van der Waals surface area (Å²) in [7, 11) is 0. The van der Waals surface area contributed by atoms with Crippen molar-refractivity contribution in [2.45, 2.75) is 51.9 Å². The number of piperidine rings is 1. The molecule has 0 radical (unpaired) electrons. The zero-order valence-corrected chi connectivity index (χ0v) is 17.9. The molecular formula is C22H26N4O5. The highest BCUT2D eigenvalue weighted by molar-refractivity contribution is 5.68. The van der Waals surface area contributed by atoms with Gasteiger partial charge in [-0.05, 0) is 45.7 Å². The van der Waals surface area contributed by atoms with E-state index in [0.717, 1.165) is 24.0 Å². The van der Waals surface area contributed by atoms with Gasteiger partial charge in [-0.15, -0.1) is 0 Å². The summed E-state index contributed by atoms with van der Waals surface area (Å²) < 4.78 is 22.0. The second kappa shape index (κ2) is 8.89. The average Bonchev–Trinajstić information content (AvgIpc) is 3.44. The molecule has 31 heavy (non-hydrogen) atoms. The van der Waals surface area contributed by atoms with Gasteiger partial charge in [0.25, 0.3) is 5.89 Å². The molecule has 1 amide bonds. The maximum atomic E-state index is 12.1. The van der Waals surface area contributed by atoms with Crippen LogP contribution in [0.3, 0.4) is 0 Å². The minimum Gasteiger partial charge on any atom is -0.444 e. The van der Waals surface area contributed by atoms with E-state index in [-0.39, 0.29) is 18.8 Å². The summed E-state index contributed by atoms with van der Waals surface area (Å²) in [6.45, 7) is 7.07. The first-order chi connectivity index (χ1) is 14.9. The van der Waals surface area contributed by atoms with Gasteiger partial charge in [0.1, 0.15) is 12.2 Å². The number of ether oxygens (including phenoxy) is 2. The Morgan fingerprint density at radius 1 is 1.16 bits per heavy atom. The molecule has 1 aliphatic rings. The van der Waals surface area contributed by atoms with Gasteiger partial charge in [0.2, 0.25) is 0 Å². The molecule has 1 saturated heterocycles. The molecule has 3 heterocycles. The lowest BCUT2D eigenvalue weighted by Crippen LogP contribution is -2.43. The van der Waals surface area contributed by atoms with Crippen molar-refractivity contribution in [1.82, 2.24) is 20.0 Å². The van der Waals surface area contributed by atoms with Crippen LogP contribution in [-0.4, -0.2) is 50.9 Å². The lowest BCUT2D eigenvalue weighted by Gasteiger charge is -2.33. The smallest absolute Gasteiger partial charge is 0.410 e. The zero-order valence-electron chi connectivity index (χ0n) is 17.9. The van der Waals surface area contributed by atoms with E-state index in [1.165, 1.54) is 6.39 Å². The van der Waals surface area contributed by atoms with E-state index in [1.807, 2.05) is 45.0 Å². The molecule has 3 aromatic rings. The monoisotopic (exact) mass is 426 g/mol. The predicted molar refractivity (Wildman–Crippen MR) is 111 cm³/mol. The highest BCUT2D eigenvalue weighted by Crippen LogP contribution is 2.24. The highest BCUT2D eigenvalue weighted by Gasteiger charge is 2.27. The van der Waals surface area contributed by atoms with E-state index < -0.39 is 5.60 Å². The van der Waals surface area contributed by atoms with Crippen LogP contribution in [0.15, 0.2) is 45.8 Å². The fraction of sp³-hybridized carbons (Fsp3) is 0.455. The zero-order chi connectivity index (χ0) is 21.8. The number of rotatable bonds is 5. The Hall–Kier alpha value is -3.20. The molecular weight excluding hydrogens is 400 g/mol. The third kappa shape index (κ3) is 5.49. The number of benzene rings is 1. The quantitative estimate of drug-likeness (QED) is 0.594. The normalized spacial score (nSPS) is 15.3. The van der Waals surface area contributed by atoms with Crippen LogP contribution in [0.2, 0.25) is 0 Å². The van der Waals surface area contributed by atoms with Gasteiger partial charge in [-0.2, -0.15) is 4.98 Å². The summed E-state index contributed by atoms with van der Waals surface area (Å²) in [6.07, 6.45) is 4.31. The standard InChI is InChI=1S/C22H26N4O5/c1-22(2,3)30-21(27)26-10-8-17(9-11-26)28-13-19-24-20(31-25-19)16-6-4-15(5-7-16)18-12-23-14-29-18/h4-7,12,14,17H,8-11,13H2,1-3H3. The molecule has 2 aromatic heterocycles. The highest BCUT2D eigenvalue weighted by atomic mass is 16.6. The number of amides is 1. The number of hydrogen-bond acceptors (Lipinski definition) is 8. The van der Waals surface area contributed by atoms with Crippen molar-refractivity contribution in [2.24, 2.45) is 0 Å². The first kappa shape index (κ1) is 21.0. The van der Waals surface area contributed by atoms with E-state index in [4.69, 9.17) is 18.4 Å². The maximum Gasteiger partial charge on any atom is 0.410 e. The summed E-state index contributed by atoms with van der Waals surface area (Å²) in [4.78, 5) is 22.2. The Labute approximate surface area is 180 Å². The van der Waals surface area contributed by atoms with Crippen molar-refractivity contribution in [3.63, 3.8) is 0 Å². The molecule has 0 aliphatic carbocycles. The van der Waals surface area contributed by atoms with Crippen LogP contribution in [0.1, 0.15) is 39.4 Å². The maximum absolute atomic E-state index is 12.1. The van der Waals surface area contributed by atoms with Gasteiger partial charge in [0.05, 0.1) is 12.3 Å². The number of nitrogens with zero attached hydrogens (tertiary/aromatic N) is 4. The molecule has 0 atom stereocenters. The van der Waals surface area contributed by atoms with Crippen molar-refractivity contribution in [1.29, 1.82) is 0 Å². The van der Waals surface area contributed by atoms with Gasteiger partial charge in [0, 0.05) is 24.2 Å². The molecule has 4 rings (SSSR count). The summed E-state index contributed by atoms with van der Waals surface area (Å²) in [6, 6.07) is 7.61. The fourth-order valence-corrected chi connectivity index (χ4v) is 3.29. The van der Waals surface area contributed by atoms with Gasteiger partial charge < -0.3 is 23.3 Å². The Bertz CT molecular complexity index is 984. The van der Waals surface area contributed by atoms with Gasteiger partial charge in [0.15, 0.2) is 18.0 Å². The van der Waals surface area contributed by atoms with Crippen LogP contribution in [0.25, 0.3) is 22.8 Å². The SMILES string of the molecule is CC(C)(C)OC(=O)N1CCC(OCc2noc(-c3ccc(-c4cnco4)cc3)n2)CC1. The van der Waals surface area contributed by atoms with E-state index >= 15 is 0 Å². The minimum absolute atomic E-state index is 0.0434. The van der Waals surface area contributed by atoms with Gasteiger partial charge in [-0.3, -0.25) is 0 Å². The molecule has 9 heteroatoms. The molecule has 0 N–H and O–H groups in total. The molecule has 0 unspecified atom stereocenters. The second-order valence-electron chi connectivity index (χ2n) is 8.44. The largest absolute Gasteiger partial charge is 0.444 e. The lowest BCUT2D eigenvalue weighted by molar-refractivity contribution is -0.0190. The molecule has 0 bridgehead atoms. The van der Waals surface area contributed by atoms with Crippen molar-refractivity contribution in [2.75, 3.05) is 13.1 Å². The molecule has 0 spiro atoms. The Balaban J connectivity index is 1.26. The van der Waals surface area contributed by atoms with Crippen molar-refractivity contribution in [3.05, 3.63) is 42.7 Å². The number of oxazole rings is 1. The summed E-state index contributed by atoms with van der Waals surface area (Å²) in [5.74, 6) is 1.62. The molecule has 0 saturated carbocycles. The Morgan fingerprint density at radius 3 is 2.52 bits per heavy atom. The van der Waals surface area contributed by atoms with Gasteiger partial charge >= 0.3 is 6.09 Å². The molecule has 1 aliphatic heterocycles. The third-order valence-corrected chi connectivity index (χ3v) is 4.86.